The molecule has 2 aliphatic rings. The number of nitrogens with two attached hydrogens (primary N) is 1. The monoisotopic (exact) mass is 279 g/mol. The van der Waals surface area contributed by atoms with Crippen LogP contribution in [0.1, 0.15) is 46.0 Å². The van der Waals surface area contributed by atoms with Gasteiger partial charge < -0.3 is 10.6 Å². The van der Waals surface area contributed by atoms with Crippen LogP contribution in [-0.4, -0.2) is 47.9 Å². The molecule has 1 saturated heterocycles. The van der Waals surface area contributed by atoms with E-state index in [1.807, 2.05) is 4.90 Å². The first-order valence-corrected chi connectivity index (χ1v) is 8.07. The van der Waals surface area contributed by atoms with Crippen molar-refractivity contribution in [3.05, 3.63) is 11.8 Å². The Balaban J connectivity index is 1.93. The van der Waals surface area contributed by atoms with Gasteiger partial charge in [-0.25, -0.2) is 0 Å². The van der Waals surface area contributed by atoms with E-state index < -0.39 is 0 Å². The first-order chi connectivity index (χ1) is 9.60. The first kappa shape index (κ1) is 15.5. The average molecular weight is 279 g/mol. The molecule has 2 atom stereocenters. The SMILES string of the molecule is CCN(C(=O)CN1CC(C)CC(N)C1)C1=CCCCC1. The molecular formula is C16H29N3O. The van der Waals surface area contributed by atoms with E-state index in [1.165, 1.54) is 18.5 Å². The first-order valence-electron chi connectivity index (χ1n) is 8.07. The lowest BCUT2D eigenvalue weighted by Gasteiger charge is -2.36. The van der Waals surface area contributed by atoms with Crippen molar-refractivity contribution in [2.75, 3.05) is 26.2 Å². The number of amides is 1. The zero-order valence-corrected chi connectivity index (χ0v) is 13.0. The minimum Gasteiger partial charge on any atom is -0.327 e. The van der Waals surface area contributed by atoms with Crippen molar-refractivity contribution >= 4 is 5.91 Å². The third-order valence-corrected chi connectivity index (χ3v) is 4.36. The van der Waals surface area contributed by atoms with Gasteiger partial charge in [-0.3, -0.25) is 9.69 Å². The molecule has 1 amide bonds. The van der Waals surface area contributed by atoms with Gasteiger partial charge in [-0.15, -0.1) is 0 Å². The van der Waals surface area contributed by atoms with Crippen LogP contribution in [-0.2, 0) is 4.79 Å². The lowest BCUT2D eigenvalue weighted by molar-refractivity contribution is -0.131. The van der Waals surface area contributed by atoms with Crippen molar-refractivity contribution in [2.24, 2.45) is 11.7 Å². The highest BCUT2D eigenvalue weighted by Crippen LogP contribution is 2.21. The number of hydrogen-bond acceptors (Lipinski definition) is 3. The fraction of sp³-hybridized carbons (Fsp3) is 0.812. The summed E-state index contributed by atoms with van der Waals surface area (Å²) in [5.41, 5.74) is 7.30. The second-order valence-electron chi connectivity index (χ2n) is 6.37. The molecule has 0 aromatic heterocycles. The van der Waals surface area contributed by atoms with Crippen molar-refractivity contribution in [3.63, 3.8) is 0 Å². The molecule has 1 fully saturated rings. The Morgan fingerprint density at radius 3 is 2.85 bits per heavy atom. The van der Waals surface area contributed by atoms with E-state index >= 15 is 0 Å². The fourth-order valence-corrected chi connectivity index (χ4v) is 3.52. The quantitative estimate of drug-likeness (QED) is 0.856. The average Bonchev–Trinajstić information content (AvgIpc) is 2.39. The molecule has 0 bridgehead atoms. The minimum atomic E-state index is 0.218. The van der Waals surface area contributed by atoms with Gasteiger partial charge in [-0.2, -0.15) is 0 Å². The number of rotatable bonds is 4. The van der Waals surface area contributed by atoms with E-state index in [0.717, 1.165) is 38.9 Å². The summed E-state index contributed by atoms with van der Waals surface area (Å²) >= 11 is 0. The zero-order valence-electron chi connectivity index (χ0n) is 13.0. The Kier molecular flexibility index (Phi) is 5.61. The van der Waals surface area contributed by atoms with E-state index in [-0.39, 0.29) is 11.9 Å². The molecule has 0 saturated carbocycles. The van der Waals surface area contributed by atoms with Crippen LogP contribution in [0.5, 0.6) is 0 Å². The van der Waals surface area contributed by atoms with Gasteiger partial charge in [0.25, 0.3) is 0 Å². The molecule has 4 nitrogen and oxygen atoms in total. The maximum absolute atomic E-state index is 12.6. The van der Waals surface area contributed by atoms with Crippen molar-refractivity contribution in [3.8, 4) is 0 Å². The molecule has 2 rings (SSSR count). The lowest BCUT2D eigenvalue weighted by atomic mass is 9.96. The number of hydrogen-bond donors (Lipinski definition) is 1. The molecule has 1 aliphatic carbocycles. The van der Waals surface area contributed by atoms with E-state index in [4.69, 9.17) is 5.73 Å². The molecule has 2 unspecified atom stereocenters. The molecule has 0 spiro atoms. The minimum absolute atomic E-state index is 0.218. The molecule has 4 heteroatoms. The Hall–Kier alpha value is -0.870. The van der Waals surface area contributed by atoms with Crippen molar-refractivity contribution in [2.45, 2.75) is 52.0 Å². The molecule has 0 aromatic carbocycles. The predicted molar refractivity (Wildman–Crippen MR) is 82.1 cm³/mol. The summed E-state index contributed by atoms with van der Waals surface area (Å²) in [6, 6.07) is 0.218. The van der Waals surface area contributed by atoms with Crippen LogP contribution >= 0.6 is 0 Å². The lowest BCUT2D eigenvalue weighted by Crippen LogP contribution is -2.50. The maximum Gasteiger partial charge on any atom is 0.240 e. The number of nitrogens with zero attached hydrogens (tertiary/aromatic N) is 2. The molecule has 114 valence electrons. The summed E-state index contributed by atoms with van der Waals surface area (Å²) < 4.78 is 0. The highest BCUT2D eigenvalue weighted by Gasteiger charge is 2.26. The van der Waals surface area contributed by atoms with Crippen LogP contribution in [0.15, 0.2) is 11.8 Å². The Labute approximate surface area is 123 Å². The van der Waals surface area contributed by atoms with Crippen molar-refractivity contribution in [1.82, 2.24) is 9.80 Å². The molecule has 1 aliphatic heterocycles. The number of carbonyl (C=O) groups is 1. The zero-order chi connectivity index (χ0) is 14.5. The summed E-state index contributed by atoms with van der Waals surface area (Å²) in [5.74, 6) is 0.831. The van der Waals surface area contributed by atoms with Crippen molar-refractivity contribution < 1.29 is 4.79 Å². The summed E-state index contributed by atoms with van der Waals surface area (Å²) in [5, 5.41) is 0. The molecule has 2 N–H and O–H groups in total. The van der Waals surface area contributed by atoms with Crippen LogP contribution in [0.25, 0.3) is 0 Å². The molecule has 1 heterocycles. The van der Waals surface area contributed by atoms with Gasteiger partial charge in [0.15, 0.2) is 0 Å². The van der Waals surface area contributed by atoms with Gasteiger partial charge in [-0.1, -0.05) is 13.0 Å². The van der Waals surface area contributed by atoms with Crippen LogP contribution in [0.4, 0.5) is 0 Å². The normalized spacial score (nSPS) is 28.1. The Morgan fingerprint density at radius 1 is 1.45 bits per heavy atom. The molecular weight excluding hydrogens is 250 g/mol. The van der Waals surface area contributed by atoms with Gasteiger partial charge in [0.05, 0.1) is 6.54 Å². The number of piperidine rings is 1. The summed E-state index contributed by atoms with van der Waals surface area (Å²) in [6.45, 7) is 7.43. The number of likely N-dealkylation sites (tertiary alicyclic amines) is 1. The van der Waals surface area contributed by atoms with E-state index in [1.54, 1.807) is 0 Å². The van der Waals surface area contributed by atoms with Crippen LogP contribution in [0.3, 0.4) is 0 Å². The summed E-state index contributed by atoms with van der Waals surface area (Å²) in [6.07, 6.45) is 7.96. The van der Waals surface area contributed by atoms with Crippen LogP contribution in [0, 0.1) is 5.92 Å². The maximum atomic E-state index is 12.6. The van der Waals surface area contributed by atoms with E-state index in [2.05, 4.69) is 24.8 Å². The highest BCUT2D eigenvalue weighted by molar-refractivity contribution is 5.80. The van der Waals surface area contributed by atoms with Crippen LogP contribution in [0.2, 0.25) is 0 Å². The third kappa shape index (κ3) is 4.06. The van der Waals surface area contributed by atoms with Gasteiger partial charge >= 0.3 is 0 Å². The fourth-order valence-electron chi connectivity index (χ4n) is 3.52. The number of likely N-dealkylation sites (N-methyl/N-ethyl adjacent to an activating group) is 1. The standard InChI is InChI=1S/C16H29N3O/c1-3-19(15-7-5-4-6-8-15)16(20)12-18-10-13(2)9-14(17)11-18/h7,13-14H,3-6,8-12,17H2,1-2H3. The van der Waals surface area contributed by atoms with Gasteiger partial charge in [0.1, 0.15) is 0 Å². The van der Waals surface area contributed by atoms with Gasteiger partial charge in [-0.05, 0) is 44.9 Å². The predicted octanol–water partition coefficient (Wildman–Crippen LogP) is 1.96. The molecule has 20 heavy (non-hydrogen) atoms. The van der Waals surface area contributed by atoms with Crippen molar-refractivity contribution in [1.29, 1.82) is 0 Å². The van der Waals surface area contributed by atoms with E-state index in [0.29, 0.717) is 12.5 Å². The third-order valence-electron chi connectivity index (χ3n) is 4.36. The van der Waals surface area contributed by atoms with Gasteiger partial charge in [0, 0.05) is 31.4 Å². The second-order valence-corrected chi connectivity index (χ2v) is 6.37. The van der Waals surface area contributed by atoms with Gasteiger partial charge in [0.2, 0.25) is 5.91 Å². The molecule has 0 radical (unpaired) electrons. The topological polar surface area (TPSA) is 49.6 Å². The smallest absolute Gasteiger partial charge is 0.240 e. The Bertz CT molecular complexity index is 357. The van der Waals surface area contributed by atoms with Crippen LogP contribution < -0.4 is 5.73 Å². The molecule has 0 aromatic rings. The summed E-state index contributed by atoms with van der Waals surface area (Å²) in [7, 11) is 0. The van der Waals surface area contributed by atoms with E-state index in [9.17, 15) is 4.79 Å². The second kappa shape index (κ2) is 7.23. The largest absolute Gasteiger partial charge is 0.327 e. The Morgan fingerprint density at radius 2 is 2.25 bits per heavy atom. The highest BCUT2D eigenvalue weighted by atomic mass is 16.2. The number of allylic oxidation sites excluding steroid dienone is 2. The number of carbonyl (C=O) groups excluding carboxylic acids is 1. The summed E-state index contributed by atoms with van der Waals surface area (Å²) in [4.78, 5) is 16.8.